The van der Waals surface area contributed by atoms with Crippen molar-refractivity contribution in [3.8, 4) is 0 Å². The van der Waals surface area contributed by atoms with Gasteiger partial charge in [0.05, 0.1) is 12.5 Å². The molecule has 0 radical (unpaired) electrons. The molecule has 1 atom stereocenters. The molecule has 2 heteroatoms. The molecule has 1 fully saturated rings. The highest BCUT2D eigenvalue weighted by Gasteiger charge is 2.32. The van der Waals surface area contributed by atoms with Crippen molar-refractivity contribution in [1.29, 1.82) is 0 Å². The molecule has 2 nitrogen and oxygen atoms in total. The van der Waals surface area contributed by atoms with Crippen molar-refractivity contribution in [2.24, 2.45) is 0 Å². The molecule has 60 valence electrons. The average molecular weight is 151 g/mol. The predicted molar refractivity (Wildman–Crippen MR) is 45.1 cm³/mol. The number of β-lactam (4-membered cyclic amide) rings is 1. The average Bonchev–Trinajstić information content (AvgIpc) is 2.00. The van der Waals surface area contributed by atoms with Crippen LogP contribution in [0.25, 0.3) is 0 Å². The zero-order valence-electron chi connectivity index (χ0n) is 6.62. The molecule has 0 bridgehead atoms. The normalized spacial score (nSPS) is 22.7. The second-order valence-electron chi connectivity index (χ2n) is 2.67. The molecule has 1 aliphatic heterocycles. The van der Waals surface area contributed by atoms with Crippen LogP contribution in [-0.4, -0.2) is 23.4 Å². The number of carbonyl (C=O) groups is 1. The monoisotopic (exact) mass is 151 g/mol. The Balaban J connectivity index is 2.35. The molecule has 11 heavy (non-hydrogen) atoms. The van der Waals surface area contributed by atoms with E-state index in [2.05, 4.69) is 13.2 Å². The summed E-state index contributed by atoms with van der Waals surface area (Å²) in [5, 5.41) is 0. The Morgan fingerprint density at radius 1 is 1.64 bits per heavy atom. The van der Waals surface area contributed by atoms with Gasteiger partial charge in [-0.2, -0.15) is 0 Å². The summed E-state index contributed by atoms with van der Waals surface area (Å²) in [5.74, 6) is 0.233. The van der Waals surface area contributed by atoms with Crippen LogP contribution < -0.4 is 0 Å². The Kier molecular flexibility index (Phi) is 2.47. The van der Waals surface area contributed by atoms with Crippen molar-refractivity contribution in [2.75, 3.05) is 6.54 Å². The molecule has 0 spiro atoms. The van der Waals surface area contributed by atoms with E-state index in [4.69, 9.17) is 0 Å². The molecule has 1 heterocycles. The van der Waals surface area contributed by atoms with Gasteiger partial charge in [0, 0.05) is 6.54 Å². The number of hydrogen-bond acceptors (Lipinski definition) is 1. The van der Waals surface area contributed by atoms with Crippen LogP contribution in [0.2, 0.25) is 0 Å². The summed E-state index contributed by atoms with van der Waals surface area (Å²) < 4.78 is 0. The molecule has 0 aromatic heterocycles. The lowest BCUT2D eigenvalue weighted by molar-refractivity contribution is -0.143. The number of amides is 1. The summed E-state index contributed by atoms with van der Waals surface area (Å²) in [6.45, 7) is 8.05. The maximum absolute atomic E-state index is 10.9. The SMILES string of the molecule is C=CCCN1C(=O)CC1C=C. The quantitative estimate of drug-likeness (QED) is 0.438. The van der Waals surface area contributed by atoms with E-state index in [1.807, 2.05) is 17.1 Å². The minimum atomic E-state index is 0.233. The third kappa shape index (κ3) is 1.50. The van der Waals surface area contributed by atoms with Crippen molar-refractivity contribution in [3.05, 3.63) is 25.3 Å². The van der Waals surface area contributed by atoms with Crippen molar-refractivity contribution < 1.29 is 4.79 Å². The first-order valence-electron chi connectivity index (χ1n) is 3.82. The van der Waals surface area contributed by atoms with Gasteiger partial charge < -0.3 is 4.90 Å². The molecule has 1 saturated heterocycles. The van der Waals surface area contributed by atoms with E-state index >= 15 is 0 Å². The highest BCUT2D eigenvalue weighted by molar-refractivity contribution is 5.83. The smallest absolute Gasteiger partial charge is 0.225 e. The fourth-order valence-electron chi connectivity index (χ4n) is 1.21. The molecule has 1 rings (SSSR count). The first kappa shape index (κ1) is 8.05. The minimum Gasteiger partial charge on any atom is -0.335 e. The summed E-state index contributed by atoms with van der Waals surface area (Å²) in [4.78, 5) is 12.8. The Hall–Kier alpha value is -1.05. The third-order valence-corrected chi connectivity index (χ3v) is 1.95. The first-order valence-corrected chi connectivity index (χ1v) is 3.82. The van der Waals surface area contributed by atoms with E-state index in [1.165, 1.54) is 0 Å². The van der Waals surface area contributed by atoms with Gasteiger partial charge in [-0.25, -0.2) is 0 Å². The summed E-state index contributed by atoms with van der Waals surface area (Å²) >= 11 is 0. The Labute approximate surface area is 67.2 Å². The van der Waals surface area contributed by atoms with Gasteiger partial charge in [-0.3, -0.25) is 4.79 Å². The van der Waals surface area contributed by atoms with Crippen LogP contribution >= 0.6 is 0 Å². The minimum absolute atomic E-state index is 0.233. The molecule has 0 saturated carbocycles. The van der Waals surface area contributed by atoms with Crippen LogP contribution in [0.3, 0.4) is 0 Å². The van der Waals surface area contributed by atoms with Crippen LogP contribution in [0.4, 0.5) is 0 Å². The zero-order chi connectivity index (χ0) is 8.27. The number of hydrogen-bond donors (Lipinski definition) is 0. The van der Waals surface area contributed by atoms with Gasteiger partial charge in [0.15, 0.2) is 0 Å². The number of likely N-dealkylation sites (tertiary alicyclic amines) is 1. The fourth-order valence-corrected chi connectivity index (χ4v) is 1.21. The van der Waals surface area contributed by atoms with Crippen molar-refractivity contribution in [1.82, 2.24) is 4.90 Å². The third-order valence-electron chi connectivity index (χ3n) is 1.95. The van der Waals surface area contributed by atoms with Crippen LogP contribution in [0, 0.1) is 0 Å². The molecule has 1 aliphatic rings. The summed E-state index contributed by atoms with van der Waals surface area (Å²) in [6, 6.07) is 0.280. The molecule has 0 aliphatic carbocycles. The maximum atomic E-state index is 10.9. The van der Waals surface area contributed by atoms with Crippen LogP contribution in [0.1, 0.15) is 12.8 Å². The van der Waals surface area contributed by atoms with Crippen LogP contribution in [0.5, 0.6) is 0 Å². The van der Waals surface area contributed by atoms with E-state index in [0.29, 0.717) is 6.42 Å². The van der Waals surface area contributed by atoms with Crippen molar-refractivity contribution in [2.45, 2.75) is 18.9 Å². The van der Waals surface area contributed by atoms with Gasteiger partial charge in [0.25, 0.3) is 0 Å². The molecule has 0 aromatic rings. The Bertz CT molecular complexity index is 186. The predicted octanol–water partition coefficient (Wildman–Crippen LogP) is 1.35. The lowest BCUT2D eigenvalue weighted by Crippen LogP contribution is -2.51. The number of nitrogens with zero attached hydrogens (tertiary/aromatic N) is 1. The zero-order valence-corrected chi connectivity index (χ0v) is 6.62. The second kappa shape index (κ2) is 3.37. The van der Waals surface area contributed by atoms with Gasteiger partial charge in [-0.15, -0.1) is 13.2 Å². The van der Waals surface area contributed by atoms with E-state index in [-0.39, 0.29) is 11.9 Å². The standard InChI is InChI=1S/C9H13NO/c1-3-5-6-10-8(4-2)7-9(10)11/h3-4,8H,1-2,5-7H2. The molecular weight excluding hydrogens is 138 g/mol. The van der Waals surface area contributed by atoms with E-state index in [0.717, 1.165) is 13.0 Å². The number of carbonyl (C=O) groups excluding carboxylic acids is 1. The first-order chi connectivity index (χ1) is 5.29. The van der Waals surface area contributed by atoms with Gasteiger partial charge in [-0.1, -0.05) is 12.2 Å². The van der Waals surface area contributed by atoms with Gasteiger partial charge in [-0.05, 0) is 6.42 Å². The Morgan fingerprint density at radius 2 is 2.36 bits per heavy atom. The summed E-state index contributed by atoms with van der Waals surface area (Å²) in [5.41, 5.74) is 0. The highest BCUT2D eigenvalue weighted by Crippen LogP contribution is 2.19. The van der Waals surface area contributed by atoms with Gasteiger partial charge >= 0.3 is 0 Å². The largest absolute Gasteiger partial charge is 0.335 e. The number of rotatable bonds is 4. The van der Waals surface area contributed by atoms with Crippen LogP contribution in [0.15, 0.2) is 25.3 Å². The Morgan fingerprint density at radius 3 is 2.82 bits per heavy atom. The van der Waals surface area contributed by atoms with Gasteiger partial charge in [0.2, 0.25) is 5.91 Å². The van der Waals surface area contributed by atoms with Crippen LogP contribution in [-0.2, 0) is 4.79 Å². The molecule has 0 N–H and O–H groups in total. The lowest BCUT2D eigenvalue weighted by Gasteiger charge is -2.38. The topological polar surface area (TPSA) is 20.3 Å². The molecular formula is C9H13NO. The maximum Gasteiger partial charge on any atom is 0.225 e. The van der Waals surface area contributed by atoms with E-state index < -0.39 is 0 Å². The van der Waals surface area contributed by atoms with Crippen molar-refractivity contribution >= 4 is 5.91 Å². The highest BCUT2D eigenvalue weighted by atomic mass is 16.2. The fraction of sp³-hybridized carbons (Fsp3) is 0.444. The second-order valence-corrected chi connectivity index (χ2v) is 2.67. The van der Waals surface area contributed by atoms with E-state index in [1.54, 1.807) is 0 Å². The van der Waals surface area contributed by atoms with Gasteiger partial charge in [0.1, 0.15) is 0 Å². The van der Waals surface area contributed by atoms with E-state index in [9.17, 15) is 4.79 Å². The molecule has 0 aromatic carbocycles. The lowest BCUT2D eigenvalue weighted by atomic mass is 10.0. The molecule has 1 amide bonds. The van der Waals surface area contributed by atoms with Crippen molar-refractivity contribution in [3.63, 3.8) is 0 Å². The molecule has 1 unspecified atom stereocenters. The summed E-state index contributed by atoms with van der Waals surface area (Å²) in [6.07, 6.45) is 5.16. The summed E-state index contributed by atoms with van der Waals surface area (Å²) in [7, 11) is 0.